The van der Waals surface area contributed by atoms with Crippen molar-refractivity contribution < 1.29 is 19.8 Å². The average Bonchev–Trinajstić information content (AvgIpc) is 2.47. The molecule has 1 fully saturated rings. The number of carbonyl (C=O) groups is 2. The Labute approximate surface area is 146 Å². The lowest BCUT2D eigenvalue weighted by Gasteiger charge is -2.40. The topological polar surface area (TPSA) is 86.6 Å². The van der Waals surface area contributed by atoms with Crippen LogP contribution in [0.25, 0.3) is 0 Å². The van der Waals surface area contributed by atoms with Gasteiger partial charge in [-0.2, -0.15) is 0 Å². The molecule has 0 amide bonds. The summed E-state index contributed by atoms with van der Waals surface area (Å²) in [6, 6.07) is 0. The molecule has 1 unspecified atom stereocenters. The molecular formula is C19H35NO4. The second-order valence-electron chi connectivity index (χ2n) is 8.67. The zero-order chi connectivity index (χ0) is 18.4. The van der Waals surface area contributed by atoms with Crippen LogP contribution in [0.3, 0.4) is 0 Å². The number of hydrogen-bond donors (Lipinski definition) is 3. The largest absolute Gasteiger partial charge is 0.481 e. The van der Waals surface area contributed by atoms with E-state index in [1.807, 2.05) is 13.8 Å². The highest BCUT2D eigenvalue weighted by Crippen LogP contribution is 2.43. The molecule has 1 atom stereocenters. The number of carboxylic acid groups (broad SMARTS) is 2. The number of aliphatic carboxylic acids is 2. The fourth-order valence-electron chi connectivity index (χ4n) is 3.98. The van der Waals surface area contributed by atoms with Gasteiger partial charge in [0.05, 0.1) is 5.41 Å². The van der Waals surface area contributed by atoms with Crippen molar-refractivity contribution in [1.82, 2.24) is 5.32 Å². The van der Waals surface area contributed by atoms with Crippen molar-refractivity contribution in [3.63, 3.8) is 0 Å². The van der Waals surface area contributed by atoms with Gasteiger partial charge in [0.15, 0.2) is 0 Å². The maximum atomic E-state index is 11.8. The Balaban J connectivity index is 2.70. The smallest absolute Gasteiger partial charge is 0.309 e. The molecule has 1 saturated heterocycles. The predicted octanol–water partition coefficient (Wildman–Crippen LogP) is 3.77. The van der Waals surface area contributed by atoms with Crippen molar-refractivity contribution in [3.05, 3.63) is 0 Å². The maximum absolute atomic E-state index is 11.8. The molecule has 0 aromatic carbocycles. The summed E-state index contributed by atoms with van der Waals surface area (Å²) in [4.78, 5) is 22.5. The fourth-order valence-corrected chi connectivity index (χ4v) is 3.98. The fraction of sp³-hybridized carbons (Fsp3) is 0.895. The summed E-state index contributed by atoms with van der Waals surface area (Å²) >= 11 is 0. The van der Waals surface area contributed by atoms with Crippen molar-refractivity contribution in [3.8, 4) is 0 Å². The van der Waals surface area contributed by atoms with Crippen LogP contribution < -0.4 is 5.32 Å². The lowest BCUT2D eigenvalue weighted by Crippen LogP contribution is -2.42. The SMILES string of the molecule is CC(C)(CCCC(=O)O)CCC(C1CCNCC1)C(C)(C)C(=O)O. The van der Waals surface area contributed by atoms with Crippen LogP contribution in [-0.4, -0.2) is 35.2 Å². The molecule has 140 valence electrons. The Bertz CT molecular complexity index is 425. The monoisotopic (exact) mass is 341 g/mol. The molecule has 1 heterocycles. The third-order valence-electron chi connectivity index (χ3n) is 5.81. The first-order valence-corrected chi connectivity index (χ1v) is 9.22. The van der Waals surface area contributed by atoms with Gasteiger partial charge >= 0.3 is 11.9 Å². The molecule has 24 heavy (non-hydrogen) atoms. The van der Waals surface area contributed by atoms with Crippen LogP contribution in [0.2, 0.25) is 0 Å². The Kier molecular flexibility index (Phi) is 7.71. The van der Waals surface area contributed by atoms with Crippen LogP contribution in [0, 0.1) is 22.7 Å². The minimum absolute atomic E-state index is 0.0508. The van der Waals surface area contributed by atoms with Crippen LogP contribution in [-0.2, 0) is 9.59 Å². The lowest BCUT2D eigenvalue weighted by atomic mass is 9.65. The first kappa shape index (κ1) is 20.9. The first-order chi connectivity index (χ1) is 11.1. The molecule has 0 aliphatic carbocycles. The molecule has 0 aromatic heterocycles. The number of piperidine rings is 1. The van der Waals surface area contributed by atoms with E-state index in [9.17, 15) is 14.7 Å². The van der Waals surface area contributed by atoms with Gasteiger partial charge in [0.1, 0.15) is 0 Å². The number of carboxylic acids is 2. The van der Waals surface area contributed by atoms with Gasteiger partial charge < -0.3 is 15.5 Å². The van der Waals surface area contributed by atoms with Crippen molar-refractivity contribution in [2.75, 3.05) is 13.1 Å². The van der Waals surface area contributed by atoms with Gasteiger partial charge in [0.25, 0.3) is 0 Å². The number of nitrogens with one attached hydrogen (secondary N) is 1. The summed E-state index contributed by atoms with van der Waals surface area (Å²) in [5, 5.41) is 21.8. The average molecular weight is 341 g/mol. The third kappa shape index (κ3) is 6.42. The second kappa shape index (κ2) is 8.84. The number of hydrogen-bond acceptors (Lipinski definition) is 3. The molecule has 1 aliphatic rings. The zero-order valence-electron chi connectivity index (χ0n) is 15.7. The molecule has 0 bridgehead atoms. The van der Waals surface area contributed by atoms with E-state index in [1.165, 1.54) is 0 Å². The molecule has 0 saturated carbocycles. The highest BCUT2D eigenvalue weighted by Gasteiger charge is 2.41. The minimum Gasteiger partial charge on any atom is -0.481 e. The Hall–Kier alpha value is -1.10. The number of rotatable bonds is 10. The van der Waals surface area contributed by atoms with Gasteiger partial charge in [-0.3, -0.25) is 9.59 Å². The highest BCUT2D eigenvalue weighted by molar-refractivity contribution is 5.74. The van der Waals surface area contributed by atoms with Crippen LogP contribution in [0.15, 0.2) is 0 Å². The summed E-state index contributed by atoms with van der Waals surface area (Å²) in [5.41, 5.74) is -0.672. The molecule has 5 heteroatoms. The molecule has 3 N–H and O–H groups in total. The van der Waals surface area contributed by atoms with E-state index in [0.717, 1.165) is 45.2 Å². The van der Waals surface area contributed by atoms with Crippen molar-refractivity contribution in [2.24, 2.45) is 22.7 Å². The second-order valence-corrected chi connectivity index (χ2v) is 8.67. The van der Waals surface area contributed by atoms with Crippen molar-refractivity contribution >= 4 is 11.9 Å². The molecule has 1 rings (SSSR count). The van der Waals surface area contributed by atoms with E-state index < -0.39 is 17.4 Å². The van der Waals surface area contributed by atoms with E-state index in [0.29, 0.717) is 12.3 Å². The Morgan fingerprint density at radius 3 is 2.17 bits per heavy atom. The van der Waals surface area contributed by atoms with E-state index in [4.69, 9.17) is 5.11 Å². The maximum Gasteiger partial charge on any atom is 0.309 e. The summed E-state index contributed by atoms with van der Waals surface area (Å²) in [6.45, 7) is 10.0. The lowest BCUT2D eigenvalue weighted by molar-refractivity contribution is -0.152. The third-order valence-corrected chi connectivity index (χ3v) is 5.81. The van der Waals surface area contributed by atoms with Gasteiger partial charge in [-0.1, -0.05) is 13.8 Å². The van der Waals surface area contributed by atoms with Crippen molar-refractivity contribution in [1.29, 1.82) is 0 Å². The Morgan fingerprint density at radius 1 is 1.08 bits per heavy atom. The zero-order valence-corrected chi connectivity index (χ0v) is 15.7. The van der Waals surface area contributed by atoms with Gasteiger partial charge in [-0.05, 0) is 82.7 Å². The summed E-state index contributed by atoms with van der Waals surface area (Å²) in [7, 11) is 0. The van der Waals surface area contributed by atoms with E-state index >= 15 is 0 Å². The summed E-state index contributed by atoms with van der Waals surface area (Å²) in [5.74, 6) is -0.844. The van der Waals surface area contributed by atoms with E-state index in [-0.39, 0.29) is 17.8 Å². The molecular weight excluding hydrogens is 306 g/mol. The first-order valence-electron chi connectivity index (χ1n) is 9.22. The van der Waals surface area contributed by atoms with E-state index in [1.54, 1.807) is 0 Å². The normalized spacial score (nSPS) is 18.3. The minimum atomic E-state index is -0.745. The van der Waals surface area contributed by atoms with Crippen LogP contribution >= 0.6 is 0 Å². The van der Waals surface area contributed by atoms with Crippen LogP contribution in [0.1, 0.15) is 72.6 Å². The van der Waals surface area contributed by atoms with Crippen LogP contribution in [0.5, 0.6) is 0 Å². The molecule has 0 aromatic rings. The van der Waals surface area contributed by atoms with Gasteiger partial charge in [0.2, 0.25) is 0 Å². The standard InChI is InChI=1S/C19H35NO4/c1-18(2,10-5-6-16(21)22)11-7-15(19(3,4)17(23)24)14-8-12-20-13-9-14/h14-15,20H,5-13H2,1-4H3,(H,21,22)(H,23,24). The van der Waals surface area contributed by atoms with Gasteiger partial charge in [0, 0.05) is 6.42 Å². The Morgan fingerprint density at radius 2 is 1.67 bits per heavy atom. The molecule has 5 nitrogen and oxygen atoms in total. The molecule has 0 spiro atoms. The molecule has 1 aliphatic heterocycles. The summed E-state index contributed by atoms with van der Waals surface area (Å²) < 4.78 is 0. The molecule has 0 radical (unpaired) electrons. The van der Waals surface area contributed by atoms with Crippen LogP contribution in [0.4, 0.5) is 0 Å². The van der Waals surface area contributed by atoms with Crippen molar-refractivity contribution in [2.45, 2.75) is 72.6 Å². The summed E-state index contributed by atoms with van der Waals surface area (Å²) in [6.07, 6.45) is 5.68. The van der Waals surface area contributed by atoms with Gasteiger partial charge in [-0.25, -0.2) is 0 Å². The quantitative estimate of drug-likeness (QED) is 0.563. The predicted molar refractivity (Wildman–Crippen MR) is 95.0 cm³/mol. The highest BCUT2D eigenvalue weighted by atomic mass is 16.4. The van der Waals surface area contributed by atoms with Gasteiger partial charge in [-0.15, -0.1) is 0 Å². The van der Waals surface area contributed by atoms with E-state index in [2.05, 4.69) is 19.2 Å².